The van der Waals surface area contributed by atoms with E-state index in [-0.39, 0.29) is 17.3 Å². The number of rotatable bonds is 7. The summed E-state index contributed by atoms with van der Waals surface area (Å²) in [5.41, 5.74) is 0.809. The van der Waals surface area contributed by atoms with Crippen molar-refractivity contribution < 1.29 is 14.5 Å². The van der Waals surface area contributed by atoms with Crippen molar-refractivity contribution in [1.29, 1.82) is 0 Å². The minimum atomic E-state index is -0.837. The monoisotopic (exact) mass is 346 g/mol. The molecular weight excluding hydrogens is 328 g/mol. The first-order valence-corrected chi connectivity index (χ1v) is 8.54. The molecule has 0 spiro atoms. The van der Waals surface area contributed by atoms with Crippen molar-refractivity contribution in [2.75, 3.05) is 6.26 Å². The summed E-state index contributed by atoms with van der Waals surface area (Å²) in [7, 11) is 0. The minimum Gasteiger partial charge on any atom is -0.474 e. The SMILES string of the molecule is CSc1ccc(CNC(=O)C(C)Oc2ccccc2[N+](=O)[O-])cc1. The van der Waals surface area contributed by atoms with Crippen LogP contribution in [0.15, 0.2) is 53.4 Å². The average molecular weight is 346 g/mol. The molecule has 2 aromatic carbocycles. The van der Waals surface area contributed by atoms with Gasteiger partial charge >= 0.3 is 5.69 Å². The van der Waals surface area contributed by atoms with E-state index in [1.807, 2.05) is 30.5 Å². The number of ether oxygens (including phenoxy) is 1. The van der Waals surface area contributed by atoms with Crippen LogP contribution in [-0.4, -0.2) is 23.2 Å². The first-order chi connectivity index (χ1) is 11.5. The second-order valence-electron chi connectivity index (χ2n) is 5.05. The van der Waals surface area contributed by atoms with Crippen molar-refractivity contribution in [2.45, 2.75) is 24.5 Å². The van der Waals surface area contributed by atoms with Crippen molar-refractivity contribution in [2.24, 2.45) is 0 Å². The lowest BCUT2D eigenvalue weighted by Crippen LogP contribution is -2.36. The predicted octanol–water partition coefficient (Wildman–Crippen LogP) is 3.40. The van der Waals surface area contributed by atoms with E-state index in [0.717, 1.165) is 10.5 Å². The molecule has 0 saturated carbocycles. The molecule has 0 aliphatic carbocycles. The third-order valence-electron chi connectivity index (χ3n) is 3.36. The summed E-state index contributed by atoms with van der Waals surface area (Å²) in [5.74, 6) is -0.253. The van der Waals surface area contributed by atoms with Crippen LogP contribution in [0.5, 0.6) is 5.75 Å². The van der Waals surface area contributed by atoms with Gasteiger partial charge in [-0.3, -0.25) is 14.9 Å². The standard InChI is InChI=1S/C17H18N2O4S/c1-12(23-16-6-4-3-5-15(16)19(21)22)17(20)18-11-13-7-9-14(24-2)10-8-13/h3-10,12H,11H2,1-2H3,(H,18,20). The van der Waals surface area contributed by atoms with Gasteiger partial charge < -0.3 is 10.1 Å². The van der Waals surface area contributed by atoms with Crippen LogP contribution >= 0.6 is 11.8 Å². The molecule has 0 fully saturated rings. The number of nitrogens with zero attached hydrogens (tertiary/aromatic N) is 1. The number of benzene rings is 2. The molecule has 1 unspecified atom stereocenters. The van der Waals surface area contributed by atoms with Crippen molar-refractivity contribution in [3.8, 4) is 5.75 Å². The van der Waals surface area contributed by atoms with E-state index in [1.165, 1.54) is 12.1 Å². The van der Waals surface area contributed by atoms with E-state index in [1.54, 1.807) is 30.8 Å². The maximum absolute atomic E-state index is 12.1. The normalized spacial score (nSPS) is 11.6. The fourth-order valence-electron chi connectivity index (χ4n) is 2.03. The topological polar surface area (TPSA) is 81.5 Å². The van der Waals surface area contributed by atoms with E-state index in [9.17, 15) is 14.9 Å². The number of carbonyl (C=O) groups is 1. The van der Waals surface area contributed by atoms with Gasteiger partial charge in [0.05, 0.1) is 4.92 Å². The summed E-state index contributed by atoms with van der Waals surface area (Å²) in [4.78, 5) is 23.7. The molecule has 0 aliphatic rings. The Labute approximate surface area is 144 Å². The van der Waals surface area contributed by atoms with Gasteiger partial charge in [-0.15, -0.1) is 11.8 Å². The zero-order valence-corrected chi connectivity index (χ0v) is 14.2. The lowest BCUT2D eigenvalue weighted by atomic mass is 10.2. The summed E-state index contributed by atoms with van der Waals surface area (Å²) < 4.78 is 5.44. The lowest BCUT2D eigenvalue weighted by Gasteiger charge is -2.14. The zero-order chi connectivity index (χ0) is 17.5. The molecule has 1 N–H and O–H groups in total. The first-order valence-electron chi connectivity index (χ1n) is 7.32. The Morgan fingerprint density at radius 1 is 1.25 bits per heavy atom. The third-order valence-corrected chi connectivity index (χ3v) is 4.10. The van der Waals surface area contributed by atoms with Crippen LogP contribution in [0.2, 0.25) is 0 Å². The summed E-state index contributed by atoms with van der Waals surface area (Å²) in [6.45, 7) is 1.93. The van der Waals surface area contributed by atoms with Crippen LogP contribution in [0.4, 0.5) is 5.69 Å². The molecule has 1 amide bonds. The van der Waals surface area contributed by atoms with E-state index in [0.29, 0.717) is 6.54 Å². The highest BCUT2D eigenvalue weighted by Gasteiger charge is 2.20. The molecule has 0 saturated heterocycles. The molecule has 24 heavy (non-hydrogen) atoms. The molecule has 0 aromatic heterocycles. The van der Waals surface area contributed by atoms with Crippen LogP contribution < -0.4 is 10.1 Å². The number of thioether (sulfide) groups is 1. The molecular formula is C17H18N2O4S. The summed E-state index contributed by atoms with van der Waals surface area (Å²) >= 11 is 1.65. The van der Waals surface area contributed by atoms with Crippen molar-refractivity contribution in [1.82, 2.24) is 5.32 Å². The van der Waals surface area contributed by atoms with Gasteiger partial charge in [-0.1, -0.05) is 24.3 Å². The number of hydrogen-bond donors (Lipinski definition) is 1. The van der Waals surface area contributed by atoms with Gasteiger partial charge in [-0.05, 0) is 36.9 Å². The molecule has 0 heterocycles. The Hall–Kier alpha value is -2.54. The number of hydrogen-bond acceptors (Lipinski definition) is 5. The van der Waals surface area contributed by atoms with Gasteiger partial charge in [0, 0.05) is 17.5 Å². The number of carbonyl (C=O) groups excluding carboxylic acids is 1. The molecule has 0 bridgehead atoms. The van der Waals surface area contributed by atoms with Crippen molar-refractivity contribution in [3.05, 3.63) is 64.2 Å². The molecule has 6 nitrogen and oxygen atoms in total. The highest BCUT2D eigenvalue weighted by atomic mass is 32.2. The second-order valence-corrected chi connectivity index (χ2v) is 5.93. The molecule has 2 aromatic rings. The van der Waals surface area contributed by atoms with Crippen LogP contribution in [-0.2, 0) is 11.3 Å². The van der Waals surface area contributed by atoms with Crippen LogP contribution in [0.1, 0.15) is 12.5 Å². The molecule has 7 heteroatoms. The van der Waals surface area contributed by atoms with Crippen molar-refractivity contribution in [3.63, 3.8) is 0 Å². The number of nitro benzene ring substituents is 1. The third kappa shape index (κ3) is 4.73. The number of nitrogens with one attached hydrogen (secondary N) is 1. The number of amides is 1. The van der Waals surface area contributed by atoms with Gasteiger partial charge in [0.1, 0.15) is 0 Å². The highest BCUT2D eigenvalue weighted by Crippen LogP contribution is 2.26. The van der Waals surface area contributed by atoms with Crippen LogP contribution in [0.3, 0.4) is 0 Å². The Morgan fingerprint density at radius 2 is 1.92 bits per heavy atom. The maximum Gasteiger partial charge on any atom is 0.310 e. The lowest BCUT2D eigenvalue weighted by molar-refractivity contribution is -0.386. The van der Waals surface area contributed by atoms with Gasteiger partial charge in [0.15, 0.2) is 11.9 Å². The smallest absolute Gasteiger partial charge is 0.310 e. The Balaban J connectivity index is 1.93. The fourth-order valence-corrected chi connectivity index (χ4v) is 2.44. The maximum atomic E-state index is 12.1. The largest absolute Gasteiger partial charge is 0.474 e. The Morgan fingerprint density at radius 3 is 2.54 bits per heavy atom. The number of nitro groups is 1. The Kier molecular flexibility index (Phi) is 6.20. The summed E-state index contributed by atoms with van der Waals surface area (Å²) in [5, 5.41) is 13.7. The van der Waals surface area contributed by atoms with Gasteiger partial charge in [-0.25, -0.2) is 0 Å². The van der Waals surface area contributed by atoms with Gasteiger partial charge in [0.2, 0.25) is 0 Å². The highest BCUT2D eigenvalue weighted by molar-refractivity contribution is 7.98. The second kappa shape index (κ2) is 8.35. The summed E-state index contributed by atoms with van der Waals surface area (Å²) in [6.07, 6.45) is 1.16. The molecule has 0 aliphatic heterocycles. The van der Waals surface area contributed by atoms with E-state index in [2.05, 4.69) is 5.32 Å². The molecule has 126 valence electrons. The quantitative estimate of drug-likeness (QED) is 0.472. The molecule has 2 rings (SSSR count). The average Bonchev–Trinajstić information content (AvgIpc) is 2.60. The van der Waals surface area contributed by atoms with Crippen LogP contribution in [0.25, 0.3) is 0 Å². The van der Waals surface area contributed by atoms with E-state index < -0.39 is 11.0 Å². The van der Waals surface area contributed by atoms with E-state index in [4.69, 9.17) is 4.74 Å². The van der Waals surface area contributed by atoms with Gasteiger partial charge in [0.25, 0.3) is 5.91 Å². The van der Waals surface area contributed by atoms with Crippen molar-refractivity contribution >= 4 is 23.4 Å². The van der Waals surface area contributed by atoms with E-state index >= 15 is 0 Å². The zero-order valence-electron chi connectivity index (χ0n) is 13.4. The predicted molar refractivity (Wildman–Crippen MR) is 93.3 cm³/mol. The van der Waals surface area contributed by atoms with Gasteiger partial charge in [-0.2, -0.15) is 0 Å². The summed E-state index contributed by atoms with van der Waals surface area (Å²) in [6, 6.07) is 13.8. The fraction of sp³-hybridized carbons (Fsp3) is 0.235. The Bertz CT molecular complexity index is 719. The molecule has 1 atom stereocenters. The molecule has 0 radical (unpaired) electrons. The minimum absolute atomic E-state index is 0.0782. The van der Waals surface area contributed by atoms with Crippen LogP contribution in [0, 0.1) is 10.1 Å². The number of para-hydroxylation sites is 2. The first kappa shape index (κ1) is 17.8.